The molecule has 1 aliphatic heterocycles. The number of nitriles is 1. The Kier molecular flexibility index (Phi) is 3.23. The van der Waals surface area contributed by atoms with Crippen LogP contribution in [0.5, 0.6) is 0 Å². The summed E-state index contributed by atoms with van der Waals surface area (Å²) in [7, 11) is 0. The van der Waals surface area contributed by atoms with Crippen LogP contribution in [0.3, 0.4) is 0 Å². The molecule has 0 radical (unpaired) electrons. The molecule has 2 atom stereocenters. The van der Waals surface area contributed by atoms with Gasteiger partial charge in [0.05, 0.1) is 25.3 Å². The fourth-order valence-electron chi connectivity index (χ4n) is 1.22. The summed E-state index contributed by atoms with van der Waals surface area (Å²) in [5, 5.41) is 8.58. The lowest BCUT2D eigenvalue weighted by atomic mass is 10.2. The third-order valence-electron chi connectivity index (χ3n) is 1.91. The van der Waals surface area contributed by atoms with Gasteiger partial charge in [-0.3, -0.25) is 4.79 Å². The second-order valence-corrected chi connectivity index (χ2v) is 3.06. The van der Waals surface area contributed by atoms with Crippen LogP contribution in [0.2, 0.25) is 0 Å². The average molecular weight is 183 g/mol. The molecule has 1 heterocycles. The molecule has 5 nitrogen and oxygen atoms in total. The van der Waals surface area contributed by atoms with Crippen molar-refractivity contribution in [3.05, 3.63) is 0 Å². The van der Waals surface area contributed by atoms with Crippen LogP contribution in [-0.4, -0.2) is 42.6 Å². The Hall–Kier alpha value is -1.12. The smallest absolute Gasteiger partial charge is 0.239 e. The summed E-state index contributed by atoms with van der Waals surface area (Å²) >= 11 is 0. The molecule has 1 amide bonds. The Labute approximate surface area is 77.1 Å². The number of morpholine rings is 1. The normalized spacial score (nSPS) is 25.0. The SMILES string of the molecule is C[C@H](N)C(=O)N1CCOC(C#N)C1. The second-order valence-electron chi connectivity index (χ2n) is 3.06. The summed E-state index contributed by atoms with van der Waals surface area (Å²) in [6.45, 7) is 2.91. The van der Waals surface area contributed by atoms with Crippen LogP contribution in [0.1, 0.15) is 6.92 Å². The largest absolute Gasteiger partial charge is 0.360 e. The molecule has 0 bridgehead atoms. The molecule has 1 fully saturated rings. The van der Waals surface area contributed by atoms with Gasteiger partial charge in [0.1, 0.15) is 0 Å². The van der Waals surface area contributed by atoms with Crippen LogP contribution >= 0.6 is 0 Å². The average Bonchev–Trinajstić information content (AvgIpc) is 2.16. The third kappa shape index (κ3) is 2.41. The quantitative estimate of drug-likeness (QED) is 0.570. The van der Waals surface area contributed by atoms with Crippen LogP contribution in [0.4, 0.5) is 0 Å². The van der Waals surface area contributed by atoms with Crippen LogP contribution in [0.15, 0.2) is 0 Å². The summed E-state index contributed by atoms with van der Waals surface area (Å²) in [4.78, 5) is 13.0. The van der Waals surface area contributed by atoms with Gasteiger partial charge in [-0.05, 0) is 6.92 Å². The first-order valence-electron chi connectivity index (χ1n) is 4.20. The van der Waals surface area contributed by atoms with E-state index >= 15 is 0 Å². The number of ether oxygens (including phenoxy) is 1. The number of nitrogens with two attached hydrogens (primary N) is 1. The molecule has 0 aromatic heterocycles. The Bertz CT molecular complexity index is 234. The number of amides is 1. The van der Waals surface area contributed by atoms with E-state index in [1.54, 1.807) is 11.8 Å². The van der Waals surface area contributed by atoms with Gasteiger partial charge >= 0.3 is 0 Å². The Morgan fingerprint density at radius 1 is 1.85 bits per heavy atom. The van der Waals surface area contributed by atoms with Crippen LogP contribution in [0, 0.1) is 11.3 Å². The van der Waals surface area contributed by atoms with E-state index in [2.05, 4.69) is 0 Å². The van der Waals surface area contributed by atoms with Crippen molar-refractivity contribution < 1.29 is 9.53 Å². The molecule has 0 spiro atoms. The highest BCUT2D eigenvalue weighted by atomic mass is 16.5. The molecule has 1 saturated heterocycles. The van der Waals surface area contributed by atoms with Crippen molar-refractivity contribution in [3.8, 4) is 6.07 Å². The topological polar surface area (TPSA) is 79.3 Å². The van der Waals surface area contributed by atoms with Gasteiger partial charge < -0.3 is 15.4 Å². The molecule has 13 heavy (non-hydrogen) atoms. The van der Waals surface area contributed by atoms with E-state index in [-0.39, 0.29) is 5.91 Å². The minimum Gasteiger partial charge on any atom is -0.360 e. The number of carbonyl (C=O) groups excluding carboxylic acids is 1. The summed E-state index contributed by atoms with van der Waals surface area (Å²) in [6, 6.07) is 1.47. The van der Waals surface area contributed by atoms with E-state index in [0.717, 1.165) is 0 Å². The maximum Gasteiger partial charge on any atom is 0.239 e. The molecular formula is C8H13N3O2. The molecule has 0 aromatic rings. The lowest BCUT2D eigenvalue weighted by Gasteiger charge is -2.30. The Morgan fingerprint density at radius 3 is 3.08 bits per heavy atom. The maximum absolute atomic E-state index is 11.4. The summed E-state index contributed by atoms with van der Waals surface area (Å²) in [5.74, 6) is -0.122. The highest BCUT2D eigenvalue weighted by Crippen LogP contribution is 2.05. The molecule has 72 valence electrons. The molecule has 1 aliphatic rings. The Balaban J connectivity index is 2.52. The fraction of sp³-hybridized carbons (Fsp3) is 0.750. The van der Waals surface area contributed by atoms with Gasteiger partial charge in [-0.25, -0.2) is 0 Å². The number of rotatable bonds is 1. The first-order valence-corrected chi connectivity index (χ1v) is 4.20. The monoisotopic (exact) mass is 183 g/mol. The molecule has 0 aromatic carbocycles. The zero-order valence-corrected chi connectivity index (χ0v) is 7.56. The van der Waals surface area contributed by atoms with Gasteiger partial charge in [0.2, 0.25) is 5.91 Å². The Morgan fingerprint density at radius 2 is 2.54 bits per heavy atom. The van der Waals surface area contributed by atoms with Crippen molar-refractivity contribution in [2.75, 3.05) is 19.7 Å². The molecule has 0 saturated carbocycles. The van der Waals surface area contributed by atoms with E-state index < -0.39 is 12.1 Å². The zero-order valence-electron chi connectivity index (χ0n) is 7.56. The van der Waals surface area contributed by atoms with Gasteiger partial charge in [0.25, 0.3) is 0 Å². The van der Waals surface area contributed by atoms with Crippen LogP contribution in [-0.2, 0) is 9.53 Å². The maximum atomic E-state index is 11.4. The summed E-state index contributed by atoms with van der Waals surface area (Å²) < 4.78 is 5.09. The predicted octanol–water partition coefficient (Wildman–Crippen LogP) is -0.915. The number of hydrogen-bond acceptors (Lipinski definition) is 4. The van der Waals surface area contributed by atoms with E-state index in [1.165, 1.54) is 0 Å². The van der Waals surface area contributed by atoms with Gasteiger partial charge in [0.15, 0.2) is 6.10 Å². The van der Waals surface area contributed by atoms with Crippen molar-refractivity contribution in [2.45, 2.75) is 19.1 Å². The molecular weight excluding hydrogens is 170 g/mol. The van der Waals surface area contributed by atoms with Crippen molar-refractivity contribution in [1.82, 2.24) is 4.90 Å². The van der Waals surface area contributed by atoms with Crippen LogP contribution < -0.4 is 5.73 Å². The standard InChI is InChI=1S/C8H13N3O2/c1-6(10)8(12)11-2-3-13-7(4-9)5-11/h6-7H,2-3,5,10H2,1H3/t6-,7?/m0/s1. The third-order valence-corrected chi connectivity index (χ3v) is 1.91. The van der Waals surface area contributed by atoms with Crippen molar-refractivity contribution in [3.63, 3.8) is 0 Å². The second kappa shape index (κ2) is 4.21. The van der Waals surface area contributed by atoms with E-state index in [0.29, 0.717) is 19.7 Å². The first kappa shape index (κ1) is 9.96. The zero-order chi connectivity index (χ0) is 9.84. The lowest BCUT2D eigenvalue weighted by Crippen LogP contribution is -2.50. The summed E-state index contributed by atoms with van der Waals surface area (Å²) in [5.41, 5.74) is 5.44. The van der Waals surface area contributed by atoms with Crippen molar-refractivity contribution >= 4 is 5.91 Å². The van der Waals surface area contributed by atoms with Crippen LogP contribution in [0.25, 0.3) is 0 Å². The van der Waals surface area contributed by atoms with E-state index in [1.807, 2.05) is 6.07 Å². The van der Waals surface area contributed by atoms with Gasteiger partial charge in [0, 0.05) is 6.54 Å². The molecule has 1 unspecified atom stereocenters. The lowest BCUT2D eigenvalue weighted by molar-refractivity contribution is -0.137. The van der Waals surface area contributed by atoms with Gasteiger partial charge in [-0.1, -0.05) is 0 Å². The molecule has 2 N–H and O–H groups in total. The van der Waals surface area contributed by atoms with Crippen molar-refractivity contribution in [1.29, 1.82) is 5.26 Å². The van der Waals surface area contributed by atoms with E-state index in [9.17, 15) is 4.79 Å². The summed E-state index contributed by atoms with van der Waals surface area (Å²) in [6.07, 6.45) is -0.503. The highest BCUT2D eigenvalue weighted by molar-refractivity contribution is 5.81. The predicted molar refractivity (Wildman–Crippen MR) is 45.6 cm³/mol. The number of carbonyl (C=O) groups is 1. The molecule has 0 aliphatic carbocycles. The minimum atomic E-state index is -0.503. The van der Waals surface area contributed by atoms with Gasteiger partial charge in [-0.2, -0.15) is 5.26 Å². The number of nitrogens with zero attached hydrogens (tertiary/aromatic N) is 2. The fourth-order valence-corrected chi connectivity index (χ4v) is 1.22. The number of hydrogen-bond donors (Lipinski definition) is 1. The first-order chi connectivity index (χ1) is 6.15. The van der Waals surface area contributed by atoms with Gasteiger partial charge in [-0.15, -0.1) is 0 Å². The molecule has 5 heteroatoms. The highest BCUT2D eigenvalue weighted by Gasteiger charge is 2.25. The van der Waals surface area contributed by atoms with E-state index in [4.69, 9.17) is 15.7 Å². The minimum absolute atomic E-state index is 0.122. The van der Waals surface area contributed by atoms with Crippen molar-refractivity contribution in [2.24, 2.45) is 5.73 Å². The molecule has 1 rings (SSSR count).